The average Bonchev–Trinajstić information content (AvgIpc) is 2.47. The van der Waals surface area contributed by atoms with Gasteiger partial charge in [0.05, 0.1) is 22.7 Å². The van der Waals surface area contributed by atoms with Gasteiger partial charge in [0.25, 0.3) is 0 Å². The van der Waals surface area contributed by atoms with Gasteiger partial charge in [0, 0.05) is 12.4 Å². The Labute approximate surface area is 101 Å². The van der Waals surface area contributed by atoms with Gasteiger partial charge >= 0.3 is 0 Å². The lowest BCUT2D eigenvalue weighted by atomic mass is 9.82. The number of nitrogens with zero attached hydrogens (tertiary/aromatic N) is 2. The van der Waals surface area contributed by atoms with E-state index in [4.69, 9.17) is 4.74 Å². The average molecular weight is 234 g/mol. The predicted octanol–water partition coefficient (Wildman–Crippen LogP) is 2.25. The second kappa shape index (κ2) is 3.88. The summed E-state index contributed by atoms with van der Waals surface area (Å²) in [6.45, 7) is 7.97. The zero-order chi connectivity index (χ0) is 12.7. The van der Waals surface area contributed by atoms with Gasteiger partial charge in [0.1, 0.15) is 6.33 Å². The highest BCUT2D eigenvalue weighted by Gasteiger charge is 2.49. The van der Waals surface area contributed by atoms with Crippen LogP contribution in [0.15, 0.2) is 18.7 Å². The Morgan fingerprint density at radius 1 is 1.29 bits per heavy atom. The van der Waals surface area contributed by atoms with Gasteiger partial charge in [-0.2, -0.15) is 0 Å². The molecule has 0 aliphatic carbocycles. The molecule has 0 saturated carbocycles. The molecule has 1 aromatic rings. The van der Waals surface area contributed by atoms with Crippen molar-refractivity contribution in [1.29, 1.82) is 0 Å². The molecule has 0 spiro atoms. The quantitative estimate of drug-likeness (QED) is 0.736. The minimum atomic E-state index is -0.434. The SMILES string of the molecule is CC1(C)CC(C(=O)c2cncnc2)C(C)(C)O1. The Morgan fingerprint density at radius 3 is 2.35 bits per heavy atom. The molecule has 0 radical (unpaired) electrons. The first-order valence-corrected chi connectivity index (χ1v) is 5.81. The first-order valence-electron chi connectivity index (χ1n) is 5.81. The highest BCUT2D eigenvalue weighted by atomic mass is 16.5. The second-order valence-corrected chi connectivity index (χ2v) is 5.71. The normalized spacial score (nSPS) is 25.8. The van der Waals surface area contributed by atoms with Gasteiger partial charge in [-0.25, -0.2) is 9.97 Å². The van der Waals surface area contributed by atoms with Gasteiger partial charge in [-0.3, -0.25) is 4.79 Å². The third-order valence-corrected chi connectivity index (χ3v) is 3.24. The van der Waals surface area contributed by atoms with Crippen LogP contribution in [0.2, 0.25) is 0 Å². The maximum atomic E-state index is 12.4. The molecule has 0 amide bonds. The third-order valence-electron chi connectivity index (χ3n) is 3.24. The van der Waals surface area contributed by atoms with Crippen LogP contribution in [0, 0.1) is 5.92 Å². The van der Waals surface area contributed by atoms with E-state index in [1.54, 1.807) is 12.4 Å². The highest BCUT2D eigenvalue weighted by Crippen LogP contribution is 2.43. The van der Waals surface area contributed by atoms with Gasteiger partial charge in [-0.05, 0) is 34.1 Å². The van der Waals surface area contributed by atoms with Crippen LogP contribution in [0.4, 0.5) is 0 Å². The van der Waals surface area contributed by atoms with Crippen LogP contribution in [0.1, 0.15) is 44.5 Å². The number of ketones is 1. The summed E-state index contributed by atoms with van der Waals surface area (Å²) in [7, 11) is 0. The van der Waals surface area contributed by atoms with Gasteiger partial charge in [0.2, 0.25) is 0 Å². The molecular weight excluding hydrogens is 216 g/mol. The predicted molar refractivity (Wildman–Crippen MR) is 63.7 cm³/mol. The van der Waals surface area contributed by atoms with Gasteiger partial charge in [-0.15, -0.1) is 0 Å². The Bertz CT molecular complexity index is 426. The number of hydrogen-bond acceptors (Lipinski definition) is 4. The summed E-state index contributed by atoms with van der Waals surface area (Å²) in [4.78, 5) is 20.2. The minimum Gasteiger partial charge on any atom is -0.369 e. The first kappa shape index (κ1) is 12.2. The number of carbonyl (C=O) groups is 1. The number of hydrogen-bond donors (Lipinski definition) is 0. The molecule has 2 heterocycles. The van der Waals surface area contributed by atoms with Crippen LogP contribution in [0.5, 0.6) is 0 Å². The van der Waals surface area contributed by atoms with Crippen molar-refractivity contribution in [3.8, 4) is 0 Å². The van der Waals surface area contributed by atoms with Gasteiger partial charge in [0.15, 0.2) is 5.78 Å². The number of rotatable bonds is 2. The number of ether oxygens (including phenoxy) is 1. The Balaban J connectivity index is 2.27. The van der Waals surface area contributed by atoms with E-state index >= 15 is 0 Å². The van der Waals surface area contributed by atoms with Crippen LogP contribution in [-0.2, 0) is 4.74 Å². The fourth-order valence-corrected chi connectivity index (χ4v) is 2.60. The summed E-state index contributed by atoms with van der Waals surface area (Å²) in [5.41, 5.74) is -0.123. The summed E-state index contributed by atoms with van der Waals surface area (Å²) >= 11 is 0. The van der Waals surface area contributed by atoms with Crippen molar-refractivity contribution in [2.45, 2.75) is 45.3 Å². The van der Waals surface area contributed by atoms with Gasteiger partial charge in [-0.1, -0.05) is 0 Å². The maximum absolute atomic E-state index is 12.4. The molecule has 1 saturated heterocycles. The van der Waals surface area contributed by atoms with Crippen LogP contribution in [-0.4, -0.2) is 27.0 Å². The van der Waals surface area contributed by atoms with Crippen molar-refractivity contribution >= 4 is 5.78 Å². The summed E-state index contributed by atoms with van der Waals surface area (Å²) in [6, 6.07) is 0. The van der Waals surface area contributed by atoms with Crippen molar-refractivity contribution in [2.75, 3.05) is 0 Å². The fraction of sp³-hybridized carbons (Fsp3) is 0.615. The highest BCUT2D eigenvalue weighted by molar-refractivity contribution is 5.98. The van der Waals surface area contributed by atoms with Crippen molar-refractivity contribution in [2.24, 2.45) is 5.92 Å². The first-order chi connectivity index (χ1) is 7.82. The molecule has 1 atom stereocenters. The number of carbonyl (C=O) groups excluding carboxylic acids is 1. The Morgan fingerprint density at radius 2 is 1.88 bits per heavy atom. The molecule has 2 rings (SSSR count). The molecule has 0 bridgehead atoms. The van der Waals surface area contributed by atoms with E-state index in [9.17, 15) is 4.79 Å². The maximum Gasteiger partial charge on any atom is 0.172 e. The van der Waals surface area contributed by atoms with E-state index in [1.165, 1.54) is 6.33 Å². The van der Waals surface area contributed by atoms with Crippen molar-refractivity contribution in [3.63, 3.8) is 0 Å². The van der Waals surface area contributed by atoms with E-state index in [1.807, 2.05) is 27.7 Å². The molecule has 0 N–H and O–H groups in total. The molecule has 1 aliphatic heterocycles. The second-order valence-electron chi connectivity index (χ2n) is 5.71. The van der Waals surface area contributed by atoms with Crippen molar-refractivity contribution < 1.29 is 9.53 Å². The molecule has 1 aromatic heterocycles. The zero-order valence-electron chi connectivity index (χ0n) is 10.7. The molecule has 17 heavy (non-hydrogen) atoms. The standard InChI is InChI=1S/C13H18N2O2/c1-12(2)5-10(13(3,4)17-12)11(16)9-6-14-8-15-7-9/h6-8,10H,5H2,1-4H3. The van der Waals surface area contributed by atoms with E-state index < -0.39 is 5.60 Å². The van der Waals surface area contributed by atoms with E-state index in [-0.39, 0.29) is 17.3 Å². The van der Waals surface area contributed by atoms with Gasteiger partial charge < -0.3 is 4.74 Å². The number of Topliss-reactive ketones (excluding diaryl/α,β-unsaturated/α-hetero) is 1. The smallest absolute Gasteiger partial charge is 0.172 e. The third kappa shape index (κ3) is 2.36. The molecule has 4 nitrogen and oxygen atoms in total. The van der Waals surface area contributed by atoms with Crippen LogP contribution >= 0.6 is 0 Å². The summed E-state index contributed by atoms with van der Waals surface area (Å²) in [6.07, 6.45) is 5.29. The topological polar surface area (TPSA) is 52.1 Å². The van der Waals surface area contributed by atoms with E-state index in [2.05, 4.69) is 9.97 Å². The minimum absolute atomic E-state index is 0.0705. The van der Waals surface area contributed by atoms with E-state index in [0.717, 1.165) is 6.42 Å². The molecule has 92 valence electrons. The van der Waals surface area contributed by atoms with Crippen LogP contribution in [0.25, 0.3) is 0 Å². The van der Waals surface area contributed by atoms with Crippen LogP contribution < -0.4 is 0 Å². The fourth-order valence-electron chi connectivity index (χ4n) is 2.60. The van der Waals surface area contributed by atoms with E-state index in [0.29, 0.717) is 5.56 Å². The van der Waals surface area contributed by atoms with Crippen molar-refractivity contribution in [3.05, 3.63) is 24.3 Å². The lowest BCUT2D eigenvalue weighted by Gasteiger charge is -2.26. The summed E-state index contributed by atoms with van der Waals surface area (Å²) in [5, 5.41) is 0. The molecule has 4 heteroatoms. The lowest BCUT2D eigenvalue weighted by molar-refractivity contribution is -0.0712. The lowest BCUT2D eigenvalue weighted by Crippen LogP contribution is -2.33. The largest absolute Gasteiger partial charge is 0.369 e. The molecule has 1 aliphatic rings. The molecule has 1 fully saturated rings. The molecule has 0 aromatic carbocycles. The Hall–Kier alpha value is -1.29. The number of aromatic nitrogens is 2. The van der Waals surface area contributed by atoms with Crippen molar-refractivity contribution in [1.82, 2.24) is 9.97 Å². The molecule has 1 unspecified atom stereocenters. The summed E-state index contributed by atoms with van der Waals surface area (Å²) in [5.74, 6) is -0.0651. The summed E-state index contributed by atoms with van der Waals surface area (Å²) < 4.78 is 5.93. The Kier molecular flexibility index (Phi) is 2.78. The zero-order valence-corrected chi connectivity index (χ0v) is 10.7. The monoisotopic (exact) mass is 234 g/mol. The van der Waals surface area contributed by atoms with Crippen LogP contribution in [0.3, 0.4) is 0 Å². The molecular formula is C13H18N2O2.